The molecule has 0 bridgehead atoms. The molecule has 13 heavy (non-hydrogen) atoms. The van der Waals surface area contributed by atoms with Gasteiger partial charge in [-0.25, -0.2) is 0 Å². The van der Waals surface area contributed by atoms with Gasteiger partial charge >= 0.3 is 0 Å². The first kappa shape index (κ1) is 10.3. The predicted molar refractivity (Wildman–Crippen MR) is 52.1 cm³/mol. The fraction of sp³-hybridized carbons (Fsp3) is 0.500. The van der Waals surface area contributed by atoms with Gasteiger partial charge in [0.15, 0.2) is 5.78 Å². The fourth-order valence-electron chi connectivity index (χ4n) is 1.05. The lowest BCUT2D eigenvalue weighted by Gasteiger charge is -2.01. The Labute approximate surface area is 82.9 Å². The Hall–Kier alpha value is -0.760. The lowest BCUT2D eigenvalue weighted by molar-refractivity contribution is 0.0975. The summed E-state index contributed by atoms with van der Waals surface area (Å²) in [6, 6.07) is 1.62. The van der Waals surface area contributed by atoms with Crippen molar-refractivity contribution < 1.29 is 9.21 Å². The molecule has 1 aromatic heterocycles. The Balaban J connectivity index is 2.54. The van der Waals surface area contributed by atoms with Crippen LogP contribution < -0.4 is 0 Å². The summed E-state index contributed by atoms with van der Waals surface area (Å²) in [6.07, 6.45) is 2.86. The summed E-state index contributed by atoms with van der Waals surface area (Å²) in [5.41, 5.74) is 0.502. The number of carbonyl (C=O) groups is 1. The van der Waals surface area contributed by atoms with Crippen LogP contribution in [0.4, 0.5) is 0 Å². The summed E-state index contributed by atoms with van der Waals surface area (Å²) in [7, 11) is 0. The van der Waals surface area contributed by atoms with Gasteiger partial charge in [-0.1, -0.05) is 13.8 Å². The summed E-state index contributed by atoms with van der Waals surface area (Å²) in [4.78, 5) is 11.5. The summed E-state index contributed by atoms with van der Waals surface area (Å²) >= 11 is 5.66. The van der Waals surface area contributed by atoms with Gasteiger partial charge < -0.3 is 4.42 Å². The topological polar surface area (TPSA) is 30.2 Å². The van der Waals surface area contributed by atoms with Crippen molar-refractivity contribution in [3.8, 4) is 0 Å². The molecule has 0 amide bonds. The first-order valence-corrected chi connectivity index (χ1v) is 4.75. The highest BCUT2D eigenvalue weighted by Crippen LogP contribution is 2.19. The van der Waals surface area contributed by atoms with Crippen LogP contribution >= 0.6 is 11.6 Å². The lowest BCUT2D eigenvalue weighted by Crippen LogP contribution is -2.00. The van der Waals surface area contributed by atoms with E-state index >= 15 is 0 Å². The fourth-order valence-corrected chi connectivity index (χ4v) is 1.27. The average molecular weight is 201 g/mol. The summed E-state index contributed by atoms with van der Waals surface area (Å²) in [5.74, 6) is 0.599. The lowest BCUT2D eigenvalue weighted by atomic mass is 10.0. The Morgan fingerprint density at radius 1 is 1.62 bits per heavy atom. The largest absolute Gasteiger partial charge is 0.452 e. The van der Waals surface area contributed by atoms with E-state index in [1.165, 1.54) is 6.26 Å². The van der Waals surface area contributed by atoms with E-state index in [0.717, 1.165) is 6.42 Å². The smallest absolute Gasteiger partial charge is 0.203 e. The molecule has 0 aliphatic heterocycles. The molecule has 1 aromatic rings. The molecule has 0 N–H and O–H groups in total. The van der Waals surface area contributed by atoms with Gasteiger partial charge in [-0.15, -0.1) is 0 Å². The van der Waals surface area contributed by atoms with Crippen LogP contribution in [-0.4, -0.2) is 5.78 Å². The van der Waals surface area contributed by atoms with Crippen molar-refractivity contribution in [2.75, 3.05) is 0 Å². The number of halogens is 1. The SMILES string of the molecule is CC(C)CCC(=O)c1ccoc1Cl. The maximum absolute atomic E-state index is 11.5. The molecule has 0 aliphatic carbocycles. The minimum absolute atomic E-state index is 0.0625. The van der Waals surface area contributed by atoms with E-state index in [9.17, 15) is 4.79 Å². The molecule has 0 radical (unpaired) electrons. The van der Waals surface area contributed by atoms with Crippen molar-refractivity contribution in [1.29, 1.82) is 0 Å². The highest BCUT2D eigenvalue weighted by atomic mass is 35.5. The molecule has 2 nitrogen and oxygen atoms in total. The standard InChI is InChI=1S/C10H13ClO2/c1-7(2)3-4-9(12)8-5-6-13-10(8)11/h5-7H,3-4H2,1-2H3. The second-order valence-electron chi connectivity index (χ2n) is 3.46. The summed E-state index contributed by atoms with van der Waals surface area (Å²) in [6.45, 7) is 4.18. The van der Waals surface area contributed by atoms with Crippen LogP contribution in [0.15, 0.2) is 16.7 Å². The second kappa shape index (κ2) is 4.47. The first-order chi connectivity index (χ1) is 6.11. The number of hydrogen-bond donors (Lipinski definition) is 0. The minimum Gasteiger partial charge on any atom is -0.452 e. The van der Waals surface area contributed by atoms with Crippen molar-refractivity contribution in [2.45, 2.75) is 26.7 Å². The van der Waals surface area contributed by atoms with Crippen molar-refractivity contribution in [3.05, 3.63) is 23.1 Å². The Morgan fingerprint density at radius 2 is 2.31 bits per heavy atom. The molecule has 1 heterocycles. The van der Waals surface area contributed by atoms with Crippen LogP contribution in [0.1, 0.15) is 37.0 Å². The second-order valence-corrected chi connectivity index (χ2v) is 3.81. The molecule has 0 fully saturated rings. The molecule has 0 aliphatic rings. The van der Waals surface area contributed by atoms with Gasteiger partial charge in [-0.3, -0.25) is 4.79 Å². The number of carbonyl (C=O) groups excluding carboxylic acids is 1. The number of furan rings is 1. The molecule has 0 aromatic carbocycles. The number of rotatable bonds is 4. The van der Waals surface area contributed by atoms with E-state index in [2.05, 4.69) is 13.8 Å². The van der Waals surface area contributed by atoms with Gasteiger partial charge in [-0.05, 0) is 30.0 Å². The van der Waals surface area contributed by atoms with Crippen LogP contribution in [0.2, 0.25) is 5.22 Å². The van der Waals surface area contributed by atoms with Gasteiger partial charge in [-0.2, -0.15) is 0 Å². The third-order valence-electron chi connectivity index (χ3n) is 1.87. The van der Waals surface area contributed by atoms with Crippen molar-refractivity contribution >= 4 is 17.4 Å². The van der Waals surface area contributed by atoms with Gasteiger partial charge in [0.05, 0.1) is 11.8 Å². The molecule has 0 saturated carbocycles. The van der Waals surface area contributed by atoms with E-state index in [1.807, 2.05) is 0 Å². The van der Waals surface area contributed by atoms with Gasteiger partial charge in [0, 0.05) is 6.42 Å². The third kappa shape index (κ3) is 2.88. The van der Waals surface area contributed by atoms with Gasteiger partial charge in [0.2, 0.25) is 5.22 Å². The monoisotopic (exact) mass is 200 g/mol. The van der Waals surface area contributed by atoms with Crippen molar-refractivity contribution in [1.82, 2.24) is 0 Å². The maximum atomic E-state index is 11.5. The first-order valence-electron chi connectivity index (χ1n) is 4.37. The van der Waals surface area contributed by atoms with Gasteiger partial charge in [0.25, 0.3) is 0 Å². The van der Waals surface area contributed by atoms with E-state index in [0.29, 0.717) is 17.9 Å². The van der Waals surface area contributed by atoms with Crippen LogP contribution in [0, 0.1) is 5.92 Å². The zero-order chi connectivity index (χ0) is 9.84. The molecule has 3 heteroatoms. The number of hydrogen-bond acceptors (Lipinski definition) is 2. The zero-order valence-electron chi connectivity index (χ0n) is 7.84. The zero-order valence-corrected chi connectivity index (χ0v) is 8.60. The average Bonchev–Trinajstić information content (AvgIpc) is 2.47. The summed E-state index contributed by atoms with van der Waals surface area (Å²) in [5, 5.41) is 0.203. The molecule has 72 valence electrons. The molecule has 1 rings (SSSR count). The van der Waals surface area contributed by atoms with Crippen LogP contribution in [0.3, 0.4) is 0 Å². The Kier molecular flexibility index (Phi) is 3.55. The highest BCUT2D eigenvalue weighted by Gasteiger charge is 2.12. The van der Waals surface area contributed by atoms with Crippen molar-refractivity contribution in [2.24, 2.45) is 5.92 Å². The third-order valence-corrected chi connectivity index (χ3v) is 2.16. The Bertz CT molecular complexity index is 289. The normalized spacial score (nSPS) is 10.8. The molecule has 0 saturated heterocycles. The minimum atomic E-state index is 0.0625. The quantitative estimate of drug-likeness (QED) is 0.696. The van der Waals surface area contributed by atoms with E-state index in [4.69, 9.17) is 16.0 Å². The highest BCUT2D eigenvalue weighted by molar-refractivity contribution is 6.32. The maximum Gasteiger partial charge on any atom is 0.203 e. The molecular weight excluding hydrogens is 188 g/mol. The summed E-state index contributed by atoms with van der Waals surface area (Å²) < 4.78 is 4.84. The van der Waals surface area contributed by atoms with E-state index < -0.39 is 0 Å². The van der Waals surface area contributed by atoms with Gasteiger partial charge in [0.1, 0.15) is 0 Å². The molecular formula is C10H13ClO2. The van der Waals surface area contributed by atoms with Crippen LogP contribution in [-0.2, 0) is 0 Å². The van der Waals surface area contributed by atoms with E-state index in [1.54, 1.807) is 6.07 Å². The van der Waals surface area contributed by atoms with Crippen LogP contribution in [0.25, 0.3) is 0 Å². The predicted octanol–water partition coefficient (Wildman–Crippen LogP) is 3.55. The molecule has 0 unspecified atom stereocenters. The molecule has 0 atom stereocenters. The molecule has 0 spiro atoms. The Morgan fingerprint density at radius 3 is 2.77 bits per heavy atom. The number of ketones is 1. The van der Waals surface area contributed by atoms with E-state index in [-0.39, 0.29) is 11.0 Å². The van der Waals surface area contributed by atoms with Crippen LogP contribution in [0.5, 0.6) is 0 Å². The number of Topliss-reactive ketones (excluding diaryl/α,β-unsaturated/α-hetero) is 1. The van der Waals surface area contributed by atoms with Crippen molar-refractivity contribution in [3.63, 3.8) is 0 Å².